The van der Waals surface area contributed by atoms with E-state index < -0.39 is 0 Å². The van der Waals surface area contributed by atoms with Crippen LogP contribution in [-0.4, -0.2) is 7.11 Å². The molecular formula is C18H26N2O. The molecule has 1 aromatic carbocycles. The molecule has 0 radical (unpaired) electrons. The van der Waals surface area contributed by atoms with Crippen LogP contribution in [0.3, 0.4) is 0 Å². The summed E-state index contributed by atoms with van der Waals surface area (Å²) in [6.07, 6.45) is 7.22. The predicted octanol–water partition coefficient (Wildman–Crippen LogP) is 3.27. The molecule has 3 nitrogen and oxygen atoms in total. The molecule has 0 aromatic heterocycles. The fourth-order valence-electron chi connectivity index (χ4n) is 5.78. The highest BCUT2D eigenvalue weighted by molar-refractivity contribution is 5.31. The van der Waals surface area contributed by atoms with Gasteiger partial charge >= 0.3 is 0 Å². The van der Waals surface area contributed by atoms with Gasteiger partial charge in [0.05, 0.1) is 7.11 Å². The van der Waals surface area contributed by atoms with Gasteiger partial charge in [0, 0.05) is 6.04 Å². The van der Waals surface area contributed by atoms with Gasteiger partial charge in [-0.05, 0) is 79.4 Å². The van der Waals surface area contributed by atoms with E-state index in [-0.39, 0.29) is 6.04 Å². The van der Waals surface area contributed by atoms with E-state index >= 15 is 0 Å². The smallest absolute Gasteiger partial charge is 0.119 e. The topological polar surface area (TPSA) is 47.3 Å². The van der Waals surface area contributed by atoms with Crippen molar-refractivity contribution < 1.29 is 4.74 Å². The second-order valence-electron chi connectivity index (χ2n) is 7.43. The molecule has 4 bridgehead atoms. The summed E-state index contributed by atoms with van der Waals surface area (Å²) in [7, 11) is 1.73. The Bertz CT molecular complexity index is 488. The van der Waals surface area contributed by atoms with Gasteiger partial charge in [-0.1, -0.05) is 12.1 Å². The van der Waals surface area contributed by atoms with Crippen molar-refractivity contribution in [2.24, 2.45) is 35.4 Å². The maximum atomic E-state index is 5.99. The van der Waals surface area contributed by atoms with Crippen LogP contribution in [-0.2, 0) is 0 Å². The molecule has 4 fully saturated rings. The molecule has 1 aromatic rings. The average Bonchev–Trinajstić information content (AvgIpc) is 2.50. The molecule has 0 aliphatic heterocycles. The van der Waals surface area contributed by atoms with Gasteiger partial charge in [0.25, 0.3) is 0 Å². The first kappa shape index (κ1) is 13.6. The van der Waals surface area contributed by atoms with Crippen molar-refractivity contribution in [1.82, 2.24) is 5.43 Å². The summed E-state index contributed by atoms with van der Waals surface area (Å²) < 4.78 is 5.39. The van der Waals surface area contributed by atoms with Gasteiger partial charge in [0.15, 0.2) is 0 Å². The normalized spacial score (nSPS) is 38.5. The van der Waals surface area contributed by atoms with Crippen molar-refractivity contribution in [3.63, 3.8) is 0 Å². The number of nitrogens with one attached hydrogen (secondary N) is 1. The minimum absolute atomic E-state index is 0.273. The van der Waals surface area contributed by atoms with Crippen LogP contribution in [0.15, 0.2) is 24.3 Å². The molecule has 21 heavy (non-hydrogen) atoms. The quantitative estimate of drug-likeness (QED) is 0.659. The highest BCUT2D eigenvalue weighted by Gasteiger charge is 2.50. The van der Waals surface area contributed by atoms with Crippen molar-refractivity contribution in [2.75, 3.05) is 7.11 Å². The molecular weight excluding hydrogens is 260 g/mol. The number of hydrazine groups is 1. The summed E-state index contributed by atoms with van der Waals surface area (Å²) in [5.74, 6) is 11.4. The molecule has 1 atom stereocenters. The van der Waals surface area contributed by atoms with E-state index in [0.717, 1.165) is 29.4 Å². The Morgan fingerprint density at radius 3 is 2.33 bits per heavy atom. The fourth-order valence-corrected chi connectivity index (χ4v) is 5.78. The van der Waals surface area contributed by atoms with Gasteiger partial charge in [-0.3, -0.25) is 11.3 Å². The van der Waals surface area contributed by atoms with E-state index in [0.29, 0.717) is 5.92 Å². The second kappa shape index (κ2) is 5.29. The lowest BCUT2D eigenvalue weighted by atomic mass is 9.50. The molecule has 0 heterocycles. The number of benzene rings is 1. The lowest BCUT2D eigenvalue weighted by Gasteiger charge is -2.56. The molecule has 4 saturated carbocycles. The Morgan fingerprint density at radius 2 is 1.76 bits per heavy atom. The van der Waals surface area contributed by atoms with Crippen LogP contribution in [0, 0.1) is 29.6 Å². The molecule has 3 N–H and O–H groups in total. The van der Waals surface area contributed by atoms with Crippen molar-refractivity contribution in [1.29, 1.82) is 0 Å². The minimum Gasteiger partial charge on any atom is -0.497 e. The van der Waals surface area contributed by atoms with Gasteiger partial charge in [-0.15, -0.1) is 0 Å². The van der Waals surface area contributed by atoms with Crippen LogP contribution in [0.5, 0.6) is 5.75 Å². The van der Waals surface area contributed by atoms with E-state index in [4.69, 9.17) is 10.6 Å². The Morgan fingerprint density at radius 1 is 1.10 bits per heavy atom. The third-order valence-corrected chi connectivity index (χ3v) is 6.32. The van der Waals surface area contributed by atoms with Crippen molar-refractivity contribution >= 4 is 0 Å². The second-order valence-corrected chi connectivity index (χ2v) is 7.43. The third kappa shape index (κ3) is 2.27. The Labute approximate surface area is 127 Å². The van der Waals surface area contributed by atoms with Gasteiger partial charge in [-0.2, -0.15) is 0 Å². The van der Waals surface area contributed by atoms with Crippen LogP contribution in [0.1, 0.15) is 43.7 Å². The predicted molar refractivity (Wildman–Crippen MR) is 83.6 cm³/mol. The molecule has 4 aliphatic carbocycles. The highest BCUT2D eigenvalue weighted by Crippen LogP contribution is 2.59. The van der Waals surface area contributed by atoms with Crippen molar-refractivity contribution in [3.8, 4) is 5.75 Å². The fraction of sp³-hybridized carbons (Fsp3) is 0.667. The zero-order chi connectivity index (χ0) is 14.4. The van der Waals surface area contributed by atoms with Crippen LogP contribution in [0.4, 0.5) is 0 Å². The van der Waals surface area contributed by atoms with Gasteiger partial charge in [-0.25, -0.2) is 0 Å². The zero-order valence-corrected chi connectivity index (χ0v) is 12.8. The molecule has 4 aliphatic rings. The first-order chi connectivity index (χ1) is 10.3. The summed E-state index contributed by atoms with van der Waals surface area (Å²) in [6.45, 7) is 0. The molecule has 0 spiro atoms. The molecule has 3 heteroatoms. The monoisotopic (exact) mass is 286 g/mol. The van der Waals surface area contributed by atoms with Crippen molar-refractivity contribution in [3.05, 3.63) is 29.8 Å². The molecule has 0 saturated heterocycles. The first-order valence-corrected chi connectivity index (χ1v) is 8.38. The van der Waals surface area contributed by atoms with Crippen molar-refractivity contribution in [2.45, 2.75) is 38.1 Å². The minimum atomic E-state index is 0.273. The third-order valence-electron chi connectivity index (χ3n) is 6.32. The number of rotatable bonds is 4. The van der Waals surface area contributed by atoms with Crippen LogP contribution in [0.25, 0.3) is 0 Å². The maximum absolute atomic E-state index is 5.99. The van der Waals surface area contributed by atoms with E-state index in [2.05, 4.69) is 23.6 Å². The van der Waals surface area contributed by atoms with Gasteiger partial charge < -0.3 is 4.74 Å². The maximum Gasteiger partial charge on any atom is 0.119 e. The standard InChI is InChI=1S/C18H26N2O/c1-21-16-4-2-3-13(10-16)18(20-19)17-14-6-11-5-12(8-14)9-15(17)7-11/h2-4,10-12,14-15,17-18,20H,5-9,19H2,1H3. The van der Waals surface area contributed by atoms with Gasteiger partial charge in [0.1, 0.15) is 5.75 Å². The highest BCUT2D eigenvalue weighted by atomic mass is 16.5. The summed E-state index contributed by atoms with van der Waals surface area (Å²) in [4.78, 5) is 0. The van der Waals surface area contributed by atoms with Crippen LogP contribution < -0.4 is 16.0 Å². The summed E-state index contributed by atoms with van der Waals surface area (Å²) >= 11 is 0. The van der Waals surface area contributed by atoms with Crippen LogP contribution >= 0.6 is 0 Å². The summed E-state index contributed by atoms with van der Waals surface area (Å²) in [6, 6.07) is 8.70. The van der Waals surface area contributed by atoms with E-state index in [1.165, 1.54) is 37.7 Å². The SMILES string of the molecule is COc1cccc(C(NN)C2C3CC4CC(C3)CC2C4)c1. The van der Waals surface area contributed by atoms with E-state index in [1.54, 1.807) is 7.11 Å². The molecule has 0 amide bonds. The lowest BCUT2D eigenvalue weighted by Crippen LogP contribution is -2.50. The van der Waals surface area contributed by atoms with Gasteiger partial charge in [0.2, 0.25) is 0 Å². The Hall–Kier alpha value is -1.06. The summed E-state index contributed by atoms with van der Waals surface area (Å²) in [5, 5.41) is 0. The number of hydrogen-bond acceptors (Lipinski definition) is 3. The first-order valence-electron chi connectivity index (χ1n) is 8.38. The van der Waals surface area contributed by atoms with E-state index in [9.17, 15) is 0 Å². The number of methoxy groups -OCH3 is 1. The molecule has 1 unspecified atom stereocenters. The number of hydrogen-bond donors (Lipinski definition) is 2. The molecule has 5 rings (SSSR count). The number of nitrogens with two attached hydrogens (primary N) is 1. The lowest BCUT2D eigenvalue weighted by molar-refractivity contribution is -0.0526. The largest absolute Gasteiger partial charge is 0.497 e. The summed E-state index contributed by atoms with van der Waals surface area (Å²) in [5.41, 5.74) is 4.43. The Kier molecular flexibility index (Phi) is 3.43. The Balaban J connectivity index is 1.63. The van der Waals surface area contributed by atoms with Crippen LogP contribution in [0.2, 0.25) is 0 Å². The van der Waals surface area contributed by atoms with E-state index in [1.807, 2.05) is 6.07 Å². The molecule has 114 valence electrons. The average molecular weight is 286 g/mol. The zero-order valence-electron chi connectivity index (χ0n) is 12.8. The number of ether oxygens (including phenoxy) is 1.